The van der Waals surface area contributed by atoms with Gasteiger partial charge in [-0.3, -0.25) is 19.7 Å². The molecule has 3 amide bonds. The third kappa shape index (κ3) is 4.07. The molecule has 4 heterocycles. The first kappa shape index (κ1) is 21.6. The van der Waals surface area contributed by atoms with Gasteiger partial charge >= 0.3 is 0 Å². The lowest BCUT2D eigenvalue weighted by Crippen LogP contribution is -2.52. The molecule has 172 valence electrons. The van der Waals surface area contributed by atoms with Crippen molar-refractivity contribution in [3.05, 3.63) is 34.9 Å². The van der Waals surface area contributed by atoms with Crippen LogP contribution in [0, 0.1) is 11.3 Å². The monoisotopic (exact) mass is 440 g/mol. The number of nitrogens with zero attached hydrogens (tertiary/aromatic N) is 1. The number of rotatable bonds is 5. The molecule has 0 saturated carbocycles. The molecular weight excluding hydrogens is 408 g/mol. The Bertz CT molecular complexity index is 903. The van der Waals surface area contributed by atoms with Crippen LogP contribution in [-0.2, 0) is 27.4 Å². The minimum atomic E-state index is -0.566. The Morgan fingerprint density at radius 3 is 2.81 bits per heavy atom. The number of nitrogens with one attached hydrogen (secondary N) is 3. The van der Waals surface area contributed by atoms with Crippen molar-refractivity contribution in [3.8, 4) is 0 Å². The van der Waals surface area contributed by atoms with Gasteiger partial charge in [0.2, 0.25) is 11.8 Å². The normalized spacial score (nSPS) is 27.5. The number of imide groups is 1. The molecule has 4 aliphatic heterocycles. The quantitative estimate of drug-likeness (QED) is 0.590. The highest BCUT2D eigenvalue weighted by molar-refractivity contribution is 6.05. The number of carbonyl (C=O) groups excluding carboxylic acids is 3. The van der Waals surface area contributed by atoms with Crippen LogP contribution in [-0.4, -0.2) is 61.5 Å². The van der Waals surface area contributed by atoms with E-state index in [-0.39, 0.29) is 24.1 Å². The van der Waals surface area contributed by atoms with Crippen LogP contribution in [0.4, 0.5) is 0 Å². The van der Waals surface area contributed by atoms with Crippen LogP contribution in [0.1, 0.15) is 53.6 Å². The second-order valence-electron chi connectivity index (χ2n) is 9.65. The first-order chi connectivity index (χ1) is 15.6. The molecule has 1 aromatic rings. The zero-order chi connectivity index (χ0) is 22.1. The van der Waals surface area contributed by atoms with Gasteiger partial charge < -0.3 is 20.3 Å². The third-order valence-electron chi connectivity index (χ3n) is 7.85. The third-order valence-corrected chi connectivity index (χ3v) is 7.85. The van der Waals surface area contributed by atoms with Crippen LogP contribution < -0.4 is 16.0 Å². The van der Waals surface area contributed by atoms with Crippen molar-refractivity contribution in [1.29, 1.82) is 0 Å². The molecule has 0 radical (unpaired) electrons. The predicted molar refractivity (Wildman–Crippen MR) is 118 cm³/mol. The Hall–Kier alpha value is -2.29. The van der Waals surface area contributed by atoms with E-state index in [2.05, 4.69) is 22.0 Å². The molecular formula is C24H32N4O4. The summed E-state index contributed by atoms with van der Waals surface area (Å²) in [5, 5.41) is 9.56. The molecule has 0 bridgehead atoms. The van der Waals surface area contributed by atoms with Crippen LogP contribution in [0.3, 0.4) is 0 Å². The number of carbonyl (C=O) groups is 3. The van der Waals surface area contributed by atoms with E-state index < -0.39 is 6.04 Å². The predicted octanol–water partition coefficient (Wildman–Crippen LogP) is 0.944. The van der Waals surface area contributed by atoms with Crippen LogP contribution in [0.5, 0.6) is 0 Å². The first-order valence-electron chi connectivity index (χ1n) is 11.8. The summed E-state index contributed by atoms with van der Waals surface area (Å²) in [4.78, 5) is 38.1. The summed E-state index contributed by atoms with van der Waals surface area (Å²) in [5.74, 6) is -0.158. The Labute approximate surface area is 188 Å². The van der Waals surface area contributed by atoms with Crippen molar-refractivity contribution in [2.45, 2.75) is 51.2 Å². The Kier molecular flexibility index (Phi) is 6.01. The molecule has 0 aliphatic carbocycles. The van der Waals surface area contributed by atoms with Gasteiger partial charge in [0.1, 0.15) is 6.04 Å². The molecule has 3 fully saturated rings. The van der Waals surface area contributed by atoms with Gasteiger partial charge in [-0.15, -0.1) is 0 Å². The van der Waals surface area contributed by atoms with E-state index >= 15 is 0 Å². The molecule has 1 aromatic carbocycles. The zero-order valence-corrected chi connectivity index (χ0v) is 18.5. The lowest BCUT2D eigenvalue weighted by Gasteiger charge is -2.47. The highest BCUT2D eigenvalue weighted by Crippen LogP contribution is 2.42. The smallest absolute Gasteiger partial charge is 0.255 e. The highest BCUT2D eigenvalue weighted by atomic mass is 16.5. The first-order valence-corrected chi connectivity index (χ1v) is 11.8. The molecule has 0 aromatic heterocycles. The van der Waals surface area contributed by atoms with Crippen LogP contribution >= 0.6 is 0 Å². The van der Waals surface area contributed by atoms with E-state index in [4.69, 9.17) is 4.74 Å². The molecule has 32 heavy (non-hydrogen) atoms. The van der Waals surface area contributed by atoms with Gasteiger partial charge in [0.15, 0.2) is 0 Å². The fourth-order valence-electron chi connectivity index (χ4n) is 5.89. The molecule has 5 rings (SSSR count). The molecule has 1 spiro atoms. The molecule has 2 atom stereocenters. The van der Waals surface area contributed by atoms with Gasteiger partial charge in [-0.25, -0.2) is 0 Å². The average Bonchev–Trinajstić information content (AvgIpc) is 3.11. The lowest BCUT2D eigenvalue weighted by molar-refractivity contribution is -0.136. The second-order valence-corrected chi connectivity index (χ2v) is 9.65. The Morgan fingerprint density at radius 1 is 1.16 bits per heavy atom. The molecule has 3 saturated heterocycles. The van der Waals surface area contributed by atoms with E-state index in [9.17, 15) is 14.4 Å². The fraction of sp³-hybridized carbons (Fsp3) is 0.625. The summed E-state index contributed by atoms with van der Waals surface area (Å²) in [7, 11) is 0. The molecule has 2 unspecified atom stereocenters. The zero-order valence-electron chi connectivity index (χ0n) is 18.5. The van der Waals surface area contributed by atoms with Crippen molar-refractivity contribution in [2.75, 3.05) is 32.8 Å². The number of benzene rings is 1. The van der Waals surface area contributed by atoms with Crippen molar-refractivity contribution in [3.63, 3.8) is 0 Å². The molecule has 4 aliphatic rings. The molecule has 3 N–H and O–H groups in total. The Balaban J connectivity index is 1.20. The number of amides is 3. The number of hydrogen-bond donors (Lipinski definition) is 3. The summed E-state index contributed by atoms with van der Waals surface area (Å²) in [6.45, 7) is 6.03. The molecule has 8 nitrogen and oxygen atoms in total. The van der Waals surface area contributed by atoms with E-state index in [0.29, 0.717) is 29.9 Å². The van der Waals surface area contributed by atoms with Crippen LogP contribution in [0.2, 0.25) is 0 Å². The van der Waals surface area contributed by atoms with Crippen LogP contribution in [0.25, 0.3) is 0 Å². The second kappa shape index (κ2) is 8.92. The van der Waals surface area contributed by atoms with Gasteiger partial charge in [0.05, 0.1) is 0 Å². The minimum absolute atomic E-state index is 0.122. The van der Waals surface area contributed by atoms with Crippen molar-refractivity contribution in [2.24, 2.45) is 11.3 Å². The number of ether oxygens (including phenoxy) is 1. The van der Waals surface area contributed by atoms with E-state index in [1.165, 1.54) is 6.42 Å². The number of piperidine rings is 2. The summed E-state index contributed by atoms with van der Waals surface area (Å²) < 4.78 is 5.62. The van der Waals surface area contributed by atoms with Crippen LogP contribution in [0.15, 0.2) is 18.2 Å². The van der Waals surface area contributed by atoms with Gasteiger partial charge in [-0.05, 0) is 67.3 Å². The maximum Gasteiger partial charge on any atom is 0.255 e. The number of fused-ring (bicyclic) bond motifs is 1. The van der Waals surface area contributed by atoms with Crippen molar-refractivity contribution in [1.82, 2.24) is 20.9 Å². The summed E-state index contributed by atoms with van der Waals surface area (Å²) in [6, 6.07) is 5.39. The summed E-state index contributed by atoms with van der Waals surface area (Å²) >= 11 is 0. The highest BCUT2D eigenvalue weighted by Gasteiger charge is 2.42. The summed E-state index contributed by atoms with van der Waals surface area (Å²) in [5.41, 5.74) is 3.16. The standard InChI is InChI=1S/C24H32N4O4/c29-21-4-3-20(22(30)27-21)28-15-17-11-16(1-2-19(17)23(28)31)12-26-14-18-13-25-8-5-24(18)6-9-32-10-7-24/h1-2,11,18,20,25-26H,3-10,12-15H2,(H,27,29,30). The topological polar surface area (TPSA) is 99.8 Å². The maximum absolute atomic E-state index is 12.9. The SMILES string of the molecule is O=C1CCC(N2Cc3cc(CNCC4CNCCC45CCOCC5)ccc3C2=O)C(=O)N1. The van der Waals surface area contributed by atoms with Gasteiger partial charge in [-0.1, -0.05) is 12.1 Å². The van der Waals surface area contributed by atoms with Crippen molar-refractivity contribution >= 4 is 17.7 Å². The minimum Gasteiger partial charge on any atom is -0.381 e. The van der Waals surface area contributed by atoms with E-state index in [1.54, 1.807) is 4.90 Å². The lowest BCUT2D eigenvalue weighted by atomic mass is 9.66. The van der Waals surface area contributed by atoms with E-state index in [0.717, 1.165) is 63.4 Å². The fourth-order valence-corrected chi connectivity index (χ4v) is 5.89. The molecule has 8 heteroatoms. The number of hydrogen-bond acceptors (Lipinski definition) is 6. The Morgan fingerprint density at radius 2 is 2.00 bits per heavy atom. The van der Waals surface area contributed by atoms with Gasteiger partial charge in [-0.2, -0.15) is 0 Å². The van der Waals surface area contributed by atoms with E-state index in [1.807, 2.05) is 12.1 Å². The van der Waals surface area contributed by atoms with Gasteiger partial charge in [0.25, 0.3) is 5.91 Å². The summed E-state index contributed by atoms with van der Waals surface area (Å²) in [6.07, 6.45) is 4.19. The largest absolute Gasteiger partial charge is 0.381 e. The van der Waals surface area contributed by atoms with Crippen molar-refractivity contribution < 1.29 is 19.1 Å². The average molecular weight is 441 g/mol. The maximum atomic E-state index is 12.9. The van der Waals surface area contributed by atoms with Gasteiger partial charge in [0, 0.05) is 44.8 Å².